The molecule has 1 aromatic carbocycles. The van der Waals surface area contributed by atoms with Crippen LogP contribution in [0.1, 0.15) is 19.3 Å². The molecule has 6 nitrogen and oxygen atoms in total. The number of hydrogen-bond donors (Lipinski definition) is 2. The van der Waals surface area contributed by atoms with E-state index in [1.54, 1.807) is 12.1 Å². The Hall–Kier alpha value is -1.31. The quantitative estimate of drug-likeness (QED) is 0.763. The van der Waals surface area contributed by atoms with Gasteiger partial charge in [-0.15, -0.1) is 0 Å². The molecule has 2 N–H and O–H groups in total. The first-order valence-corrected chi connectivity index (χ1v) is 8.76. The molecule has 21 heavy (non-hydrogen) atoms. The third-order valence-corrected chi connectivity index (χ3v) is 4.92. The number of sulfonamides is 1. The lowest BCUT2D eigenvalue weighted by Gasteiger charge is -2.11. The predicted molar refractivity (Wildman–Crippen MR) is 78.3 cm³/mol. The monoisotopic (exact) mass is 312 g/mol. The highest BCUT2D eigenvalue weighted by Crippen LogP contribution is 2.31. The SMILES string of the molecule is O=S(=O)(NCCNC1CC1)c1ccc2c(c1)OCCCO2. The van der Waals surface area contributed by atoms with E-state index < -0.39 is 10.0 Å². The fourth-order valence-electron chi connectivity index (χ4n) is 2.14. The van der Waals surface area contributed by atoms with Crippen molar-refractivity contribution in [3.05, 3.63) is 18.2 Å². The van der Waals surface area contributed by atoms with Gasteiger partial charge in [-0.25, -0.2) is 13.1 Å². The Morgan fingerprint density at radius 2 is 1.86 bits per heavy atom. The van der Waals surface area contributed by atoms with Crippen LogP contribution < -0.4 is 19.5 Å². The van der Waals surface area contributed by atoms with Crippen molar-refractivity contribution in [3.63, 3.8) is 0 Å². The van der Waals surface area contributed by atoms with E-state index in [1.807, 2.05) is 0 Å². The second kappa shape index (κ2) is 6.21. The van der Waals surface area contributed by atoms with Crippen LogP contribution >= 0.6 is 0 Å². The van der Waals surface area contributed by atoms with Crippen molar-refractivity contribution < 1.29 is 17.9 Å². The normalized spacial score (nSPS) is 18.3. The molecule has 0 saturated heterocycles. The van der Waals surface area contributed by atoms with E-state index in [2.05, 4.69) is 10.0 Å². The second-order valence-electron chi connectivity index (χ2n) is 5.29. The average Bonchev–Trinajstić information content (AvgIpc) is 3.29. The van der Waals surface area contributed by atoms with Crippen molar-refractivity contribution in [2.45, 2.75) is 30.2 Å². The molecular weight excluding hydrogens is 292 g/mol. The molecule has 0 radical (unpaired) electrons. The lowest BCUT2D eigenvalue weighted by molar-refractivity contribution is 0.297. The molecule has 0 atom stereocenters. The summed E-state index contributed by atoms with van der Waals surface area (Å²) in [4.78, 5) is 0.207. The van der Waals surface area contributed by atoms with Crippen molar-refractivity contribution in [2.24, 2.45) is 0 Å². The maximum Gasteiger partial charge on any atom is 0.240 e. The highest BCUT2D eigenvalue weighted by Gasteiger charge is 2.21. The molecule has 3 rings (SSSR count). The summed E-state index contributed by atoms with van der Waals surface area (Å²) in [6.07, 6.45) is 3.17. The molecule has 1 aromatic rings. The molecule has 2 aliphatic rings. The molecule has 0 amide bonds. The fraction of sp³-hybridized carbons (Fsp3) is 0.571. The summed E-state index contributed by atoms with van der Waals surface area (Å²) in [6, 6.07) is 5.30. The first kappa shape index (κ1) is 14.6. The van der Waals surface area contributed by atoms with Gasteiger partial charge in [0.25, 0.3) is 0 Å². The van der Waals surface area contributed by atoms with Crippen LogP contribution in [0.15, 0.2) is 23.1 Å². The van der Waals surface area contributed by atoms with Crippen LogP contribution in [0, 0.1) is 0 Å². The Morgan fingerprint density at radius 3 is 2.62 bits per heavy atom. The molecule has 7 heteroatoms. The van der Waals surface area contributed by atoms with Crippen LogP contribution in [0.3, 0.4) is 0 Å². The number of fused-ring (bicyclic) bond motifs is 1. The molecule has 0 aromatic heterocycles. The van der Waals surface area contributed by atoms with E-state index in [0.29, 0.717) is 43.8 Å². The van der Waals surface area contributed by atoms with Gasteiger partial charge < -0.3 is 14.8 Å². The van der Waals surface area contributed by atoms with Gasteiger partial charge in [-0.3, -0.25) is 0 Å². The van der Waals surface area contributed by atoms with Crippen LogP contribution in [0.4, 0.5) is 0 Å². The predicted octanol–water partition coefficient (Wildman–Crippen LogP) is 0.878. The zero-order valence-corrected chi connectivity index (χ0v) is 12.6. The summed E-state index contributed by atoms with van der Waals surface area (Å²) in [5, 5.41) is 3.27. The van der Waals surface area contributed by atoms with Crippen molar-refractivity contribution >= 4 is 10.0 Å². The van der Waals surface area contributed by atoms with Crippen LogP contribution in [-0.2, 0) is 10.0 Å². The van der Waals surface area contributed by atoms with Gasteiger partial charge in [0, 0.05) is 31.6 Å². The summed E-state index contributed by atoms with van der Waals surface area (Å²) in [5.74, 6) is 1.09. The highest BCUT2D eigenvalue weighted by molar-refractivity contribution is 7.89. The summed E-state index contributed by atoms with van der Waals surface area (Å²) in [5.41, 5.74) is 0. The number of rotatable bonds is 6. The van der Waals surface area contributed by atoms with Crippen LogP contribution in [0.25, 0.3) is 0 Å². The molecule has 1 heterocycles. The number of nitrogens with one attached hydrogen (secondary N) is 2. The largest absolute Gasteiger partial charge is 0.490 e. The summed E-state index contributed by atoms with van der Waals surface area (Å²) >= 11 is 0. The van der Waals surface area contributed by atoms with Gasteiger partial charge in [0.15, 0.2) is 11.5 Å². The van der Waals surface area contributed by atoms with Crippen molar-refractivity contribution in [1.29, 1.82) is 0 Å². The summed E-state index contributed by atoms with van der Waals surface area (Å²) < 4.78 is 38.1. The van der Waals surface area contributed by atoms with Crippen molar-refractivity contribution in [3.8, 4) is 11.5 Å². The zero-order chi connectivity index (χ0) is 14.7. The smallest absolute Gasteiger partial charge is 0.240 e. The van der Waals surface area contributed by atoms with Gasteiger partial charge in [-0.1, -0.05) is 0 Å². The van der Waals surface area contributed by atoms with Crippen molar-refractivity contribution in [1.82, 2.24) is 10.0 Å². The Morgan fingerprint density at radius 1 is 1.10 bits per heavy atom. The molecule has 0 unspecified atom stereocenters. The van der Waals surface area contributed by atoms with Crippen LogP contribution in [0.5, 0.6) is 11.5 Å². The minimum Gasteiger partial charge on any atom is -0.490 e. The van der Waals surface area contributed by atoms with Gasteiger partial charge in [0.1, 0.15) is 0 Å². The number of ether oxygens (including phenoxy) is 2. The van der Waals surface area contributed by atoms with Gasteiger partial charge in [-0.2, -0.15) is 0 Å². The number of benzene rings is 1. The Labute approximate surface area is 124 Å². The molecular formula is C14H20N2O4S. The molecule has 0 spiro atoms. The zero-order valence-electron chi connectivity index (χ0n) is 11.8. The van der Waals surface area contributed by atoms with E-state index in [4.69, 9.17) is 9.47 Å². The summed E-state index contributed by atoms with van der Waals surface area (Å²) in [7, 11) is -3.51. The third kappa shape index (κ3) is 3.87. The van der Waals surface area contributed by atoms with E-state index in [-0.39, 0.29) is 4.90 Å². The standard InChI is InChI=1S/C14H20N2O4S/c17-21(18,16-7-6-15-11-2-3-11)12-4-5-13-14(10-12)20-9-1-8-19-13/h4-5,10-11,15-16H,1-3,6-9H2. The average molecular weight is 312 g/mol. The maximum atomic E-state index is 12.2. The minimum absolute atomic E-state index is 0.207. The first-order valence-electron chi connectivity index (χ1n) is 7.28. The van der Waals surface area contributed by atoms with Gasteiger partial charge in [0.2, 0.25) is 10.0 Å². The minimum atomic E-state index is -3.51. The second-order valence-corrected chi connectivity index (χ2v) is 7.05. The third-order valence-electron chi connectivity index (χ3n) is 3.46. The van der Waals surface area contributed by atoms with Gasteiger partial charge >= 0.3 is 0 Å². The van der Waals surface area contributed by atoms with Gasteiger partial charge in [-0.05, 0) is 25.0 Å². The molecule has 1 aliphatic heterocycles. The lowest BCUT2D eigenvalue weighted by Crippen LogP contribution is -2.32. The Bertz CT molecular complexity index is 599. The first-order chi connectivity index (χ1) is 10.1. The molecule has 116 valence electrons. The van der Waals surface area contributed by atoms with Crippen molar-refractivity contribution in [2.75, 3.05) is 26.3 Å². The maximum absolute atomic E-state index is 12.2. The molecule has 1 aliphatic carbocycles. The highest BCUT2D eigenvalue weighted by atomic mass is 32.2. The topological polar surface area (TPSA) is 76.7 Å². The van der Waals surface area contributed by atoms with Crippen LogP contribution in [0.2, 0.25) is 0 Å². The van der Waals surface area contributed by atoms with E-state index in [9.17, 15) is 8.42 Å². The van der Waals surface area contributed by atoms with Crippen LogP contribution in [-0.4, -0.2) is 40.8 Å². The molecule has 1 fully saturated rings. The summed E-state index contributed by atoms with van der Waals surface area (Å²) in [6.45, 7) is 2.15. The Kier molecular flexibility index (Phi) is 4.32. The number of hydrogen-bond acceptors (Lipinski definition) is 5. The van der Waals surface area contributed by atoms with E-state index in [1.165, 1.54) is 18.9 Å². The fourth-order valence-corrected chi connectivity index (χ4v) is 3.19. The Balaban J connectivity index is 1.64. The van der Waals surface area contributed by atoms with E-state index in [0.717, 1.165) is 6.42 Å². The molecule has 0 bridgehead atoms. The van der Waals surface area contributed by atoms with Gasteiger partial charge in [0.05, 0.1) is 18.1 Å². The lowest BCUT2D eigenvalue weighted by atomic mass is 10.3. The van der Waals surface area contributed by atoms with E-state index >= 15 is 0 Å². The molecule has 1 saturated carbocycles.